The smallest absolute Gasteiger partial charge is 0.323 e. The van der Waals surface area contributed by atoms with Crippen molar-refractivity contribution in [3.05, 3.63) is 0 Å². The first-order chi connectivity index (χ1) is 8.54. The molecule has 0 spiro atoms. The van der Waals surface area contributed by atoms with Crippen molar-refractivity contribution in [1.29, 1.82) is 0 Å². The van der Waals surface area contributed by atoms with Crippen molar-refractivity contribution in [2.24, 2.45) is 11.7 Å². The van der Waals surface area contributed by atoms with Gasteiger partial charge in [0.15, 0.2) is 0 Å². The molecule has 6 heteroatoms. The summed E-state index contributed by atoms with van der Waals surface area (Å²) >= 11 is 0. The second kappa shape index (κ2) is 7.33. The van der Waals surface area contributed by atoms with E-state index in [-0.39, 0.29) is 24.4 Å². The number of amides is 1. The van der Waals surface area contributed by atoms with Gasteiger partial charge in [-0.2, -0.15) is 0 Å². The Morgan fingerprint density at radius 2 is 2.17 bits per heavy atom. The van der Waals surface area contributed by atoms with Crippen LogP contribution in [0.15, 0.2) is 0 Å². The van der Waals surface area contributed by atoms with Gasteiger partial charge < -0.3 is 20.5 Å². The van der Waals surface area contributed by atoms with E-state index in [1.807, 2.05) is 0 Å². The summed E-state index contributed by atoms with van der Waals surface area (Å²) in [4.78, 5) is 24.4. The van der Waals surface area contributed by atoms with E-state index < -0.39 is 5.97 Å². The minimum absolute atomic E-state index is 0.0572. The van der Waals surface area contributed by atoms with Crippen molar-refractivity contribution < 1.29 is 19.4 Å². The summed E-state index contributed by atoms with van der Waals surface area (Å²) in [6.07, 6.45) is 3.33. The summed E-state index contributed by atoms with van der Waals surface area (Å²) in [6, 6.07) is 0.0572. The van der Waals surface area contributed by atoms with E-state index in [1.165, 1.54) is 12.0 Å². The van der Waals surface area contributed by atoms with Gasteiger partial charge in [0.05, 0.1) is 6.61 Å². The molecule has 3 N–H and O–H groups in total. The lowest BCUT2D eigenvalue weighted by atomic mass is 9.85. The van der Waals surface area contributed by atoms with Crippen molar-refractivity contribution in [1.82, 2.24) is 4.90 Å². The number of methoxy groups -OCH3 is 1. The highest BCUT2D eigenvalue weighted by Gasteiger charge is 2.29. The molecule has 0 heterocycles. The summed E-state index contributed by atoms with van der Waals surface area (Å²) in [5.41, 5.74) is 5.85. The standard InChI is InChI=1S/C12H22N2O4/c1-18-6-5-14(8-11(15)16)12(17)9-3-2-4-10(13)7-9/h9-10H,2-8,13H2,1H3,(H,15,16). The molecule has 0 bridgehead atoms. The largest absolute Gasteiger partial charge is 0.480 e. The zero-order valence-corrected chi connectivity index (χ0v) is 10.8. The number of aliphatic carboxylic acids is 1. The number of rotatable bonds is 6. The van der Waals surface area contributed by atoms with E-state index in [1.54, 1.807) is 0 Å². The first-order valence-electron chi connectivity index (χ1n) is 6.29. The molecule has 2 atom stereocenters. The third-order valence-electron chi connectivity index (χ3n) is 3.27. The summed E-state index contributed by atoms with van der Waals surface area (Å²) in [5, 5.41) is 8.82. The summed E-state index contributed by atoms with van der Waals surface area (Å²) < 4.78 is 4.90. The molecular formula is C12H22N2O4. The number of carbonyl (C=O) groups is 2. The molecular weight excluding hydrogens is 236 g/mol. The number of ether oxygens (including phenoxy) is 1. The van der Waals surface area contributed by atoms with Gasteiger partial charge in [0.25, 0.3) is 0 Å². The lowest BCUT2D eigenvalue weighted by Gasteiger charge is -2.30. The average Bonchev–Trinajstić information content (AvgIpc) is 2.33. The normalized spacial score (nSPS) is 23.7. The van der Waals surface area contributed by atoms with Gasteiger partial charge in [0.2, 0.25) is 5.91 Å². The van der Waals surface area contributed by atoms with Crippen molar-refractivity contribution >= 4 is 11.9 Å². The molecule has 18 heavy (non-hydrogen) atoms. The Morgan fingerprint density at radius 3 is 2.72 bits per heavy atom. The van der Waals surface area contributed by atoms with Gasteiger partial charge in [-0.05, 0) is 19.3 Å². The number of hydrogen-bond donors (Lipinski definition) is 2. The number of carboxylic acid groups (broad SMARTS) is 1. The molecule has 1 aliphatic rings. The van der Waals surface area contributed by atoms with Crippen LogP contribution in [0.5, 0.6) is 0 Å². The van der Waals surface area contributed by atoms with Gasteiger partial charge in [0, 0.05) is 25.6 Å². The molecule has 1 rings (SSSR count). The molecule has 0 aromatic rings. The SMILES string of the molecule is COCCN(CC(=O)O)C(=O)C1CCCC(N)C1. The quantitative estimate of drug-likeness (QED) is 0.703. The molecule has 0 aromatic heterocycles. The van der Waals surface area contributed by atoms with Gasteiger partial charge in [0.1, 0.15) is 6.54 Å². The molecule has 1 amide bonds. The van der Waals surface area contributed by atoms with Crippen LogP contribution in [0.25, 0.3) is 0 Å². The number of carbonyl (C=O) groups excluding carboxylic acids is 1. The van der Waals surface area contributed by atoms with Crippen molar-refractivity contribution in [2.75, 3.05) is 26.8 Å². The van der Waals surface area contributed by atoms with Crippen LogP contribution in [-0.4, -0.2) is 54.7 Å². The highest BCUT2D eigenvalue weighted by molar-refractivity contribution is 5.83. The predicted molar refractivity (Wildman–Crippen MR) is 66.0 cm³/mol. The highest BCUT2D eigenvalue weighted by atomic mass is 16.5. The fourth-order valence-electron chi connectivity index (χ4n) is 2.34. The third-order valence-corrected chi connectivity index (χ3v) is 3.27. The molecule has 1 saturated carbocycles. The van der Waals surface area contributed by atoms with Gasteiger partial charge in [-0.25, -0.2) is 0 Å². The second-order valence-electron chi connectivity index (χ2n) is 4.77. The first-order valence-corrected chi connectivity index (χ1v) is 6.29. The Labute approximate surface area is 107 Å². The fraction of sp³-hybridized carbons (Fsp3) is 0.833. The molecule has 104 valence electrons. The summed E-state index contributed by atoms with van der Waals surface area (Å²) in [6.45, 7) is 0.388. The van der Waals surface area contributed by atoms with E-state index in [0.29, 0.717) is 19.6 Å². The molecule has 0 radical (unpaired) electrons. The molecule has 2 unspecified atom stereocenters. The Hall–Kier alpha value is -1.14. The lowest BCUT2D eigenvalue weighted by molar-refractivity contribution is -0.147. The Bertz CT molecular complexity index is 296. The molecule has 0 aromatic carbocycles. The van der Waals surface area contributed by atoms with Gasteiger partial charge in [-0.3, -0.25) is 9.59 Å². The topological polar surface area (TPSA) is 92.9 Å². The molecule has 6 nitrogen and oxygen atoms in total. The Morgan fingerprint density at radius 1 is 1.44 bits per heavy atom. The zero-order chi connectivity index (χ0) is 13.5. The van der Waals surface area contributed by atoms with Crippen molar-refractivity contribution in [3.8, 4) is 0 Å². The van der Waals surface area contributed by atoms with Crippen LogP contribution in [0.3, 0.4) is 0 Å². The van der Waals surface area contributed by atoms with Crippen LogP contribution in [0, 0.1) is 5.92 Å². The van der Waals surface area contributed by atoms with E-state index >= 15 is 0 Å². The van der Waals surface area contributed by atoms with Crippen LogP contribution in [0.1, 0.15) is 25.7 Å². The Kier molecular flexibility index (Phi) is 6.07. The minimum Gasteiger partial charge on any atom is -0.480 e. The van der Waals surface area contributed by atoms with Crippen molar-refractivity contribution in [3.63, 3.8) is 0 Å². The van der Waals surface area contributed by atoms with E-state index in [9.17, 15) is 9.59 Å². The average molecular weight is 258 g/mol. The molecule has 1 fully saturated rings. The summed E-state index contributed by atoms with van der Waals surface area (Å²) in [5.74, 6) is -1.24. The number of nitrogens with zero attached hydrogens (tertiary/aromatic N) is 1. The monoisotopic (exact) mass is 258 g/mol. The van der Waals surface area contributed by atoms with Gasteiger partial charge in [-0.15, -0.1) is 0 Å². The van der Waals surface area contributed by atoms with Crippen LogP contribution < -0.4 is 5.73 Å². The van der Waals surface area contributed by atoms with Crippen LogP contribution in [0.4, 0.5) is 0 Å². The first kappa shape index (κ1) is 14.9. The maximum atomic E-state index is 12.2. The van der Waals surface area contributed by atoms with Crippen LogP contribution in [-0.2, 0) is 14.3 Å². The highest BCUT2D eigenvalue weighted by Crippen LogP contribution is 2.24. The second-order valence-corrected chi connectivity index (χ2v) is 4.77. The van der Waals surface area contributed by atoms with Crippen molar-refractivity contribution in [2.45, 2.75) is 31.7 Å². The maximum Gasteiger partial charge on any atom is 0.323 e. The number of hydrogen-bond acceptors (Lipinski definition) is 4. The van der Waals surface area contributed by atoms with Gasteiger partial charge >= 0.3 is 5.97 Å². The maximum absolute atomic E-state index is 12.2. The van der Waals surface area contributed by atoms with E-state index in [4.69, 9.17) is 15.6 Å². The van der Waals surface area contributed by atoms with Crippen LogP contribution in [0.2, 0.25) is 0 Å². The van der Waals surface area contributed by atoms with E-state index in [2.05, 4.69) is 0 Å². The molecule has 1 aliphatic carbocycles. The fourth-order valence-corrected chi connectivity index (χ4v) is 2.34. The molecule has 0 saturated heterocycles. The number of carboxylic acids is 1. The zero-order valence-electron chi connectivity index (χ0n) is 10.8. The van der Waals surface area contributed by atoms with Gasteiger partial charge in [-0.1, -0.05) is 6.42 Å². The summed E-state index contributed by atoms with van der Waals surface area (Å²) in [7, 11) is 1.53. The molecule has 0 aliphatic heterocycles. The predicted octanol–water partition coefficient (Wildman–Crippen LogP) is 0.0635. The number of nitrogens with two attached hydrogens (primary N) is 1. The minimum atomic E-state index is -1.00. The van der Waals surface area contributed by atoms with E-state index in [0.717, 1.165) is 19.3 Å². The van der Waals surface area contributed by atoms with Crippen LogP contribution >= 0.6 is 0 Å². The third kappa shape index (κ3) is 4.62. The lowest BCUT2D eigenvalue weighted by Crippen LogP contribution is -2.44. The Balaban J connectivity index is 2.58.